The van der Waals surface area contributed by atoms with E-state index in [4.69, 9.17) is 0 Å². The molecule has 0 radical (unpaired) electrons. The van der Waals surface area contributed by atoms with E-state index >= 15 is 0 Å². The van der Waals surface area contributed by atoms with E-state index in [1.165, 1.54) is 5.69 Å². The van der Waals surface area contributed by atoms with Gasteiger partial charge >= 0.3 is 0 Å². The molecule has 1 N–H and O–H groups in total. The van der Waals surface area contributed by atoms with E-state index in [1.807, 2.05) is 47.5 Å². The van der Waals surface area contributed by atoms with Crippen LogP contribution in [-0.2, 0) is 21.1 Å². The summed E-state index contributed by atoms with van der Waals surface area (Å²) in [5.41, 5.74) is 3.33. The van der Waals surface area contributed by atoms with Crippen LogP contribution in [0, 0.1) is 0 Å². The van der Waals surface area contributed by atoms with Gasteiger partial charge in [-0.1, -0.05) is 36.4 Å². The zero-order valence-corrected chi connectivity index (χ0v) is 19.5. The Hall–Kier alpha value is -2.84. The summed E-state index contributed by atoms with van der Waals surface area (Å²) in [4.78, 5) is 23.4. The number of anilines is 1. The number of fused-ring (bicyclic) bond motifs is 1. The molecule has 5 rings (SSSR count). The minimum absolute atomic E-state index is 0.104. The van der Waals surface area contributed by atoms with Crippen LogP contribution in [0.4, 0.5) is 5.69 Å². The highest BCUT2D eigenvalue weighted by Gasteiger charge is 2.35. The number of nitrogens with one attached hydrogen (secondary N) is 1. The highest BCUT2D eigenvalue weighted by Crippen LogP contribution is 2.23. The van der Waals surface area contributed by atoms with Crippen molar-refractivity contribution in [3.05, 3.63) is 66.4 Å². The van der Waals surface area contributed by atoms with E-state index in [-0.39, 0.29) is 23.5 Å². The Bertz CT molecular complexity index is 1200. The van der Waals surface area contributed by atoms with Crippen molar-refractivity contribution in [1.82, 2.24) is 14.8 Å². The third kappa shape index (κ3) is 4.77. The number of amides is 1. The molecule has 174 valence electrons. The van der Waals surface area contributed by atoms with Crippen molar-refractivity contribution in [3.63, 3.8) is 0 Å². The van der Waals surface area contributed by atoms with Crippen LogP contribution in [-0.4, -0.2) is 85.9 Å². The van der Waals surface area contributed by atoms with Gasteiger partial charge in [-0.05, 0) is 30.2 Å². The van der Waals surface area contributed by atoms with Crippen molar-refractivity contribution in [2.75, 3.05) is 55.7 Å². The molecule has 1 unspecified atom stereocenters. The molecule has 2 aliphatic heterocycles. The number of sulfone groups is 1. The van der Waals surface area contributed by atoms with E-state index in [0.717, 1.165) is 29.6 Å². The lowest BCUT2D eigenvalue weighted by molar-refractivity contribution is -0.137. The van der Waals surface area contributed by atoms with E-state index in [1.54, 1.807) is 0 Å². The fraction of sp³-hybridized carbons (Fsp3) is 0.400. The number of carbonyl (C=O) groups is 1. The van der Waals surface area contributed by atoms with Crippen LogP contribution in [0.25, 0.3) is 10.9 Å². The first-order valence-electron chi connectivity index (χ1n) is 11.6. The lowest BCUT2D eigenvalue weighted by atomic mass is 10.0. The zero-order chi connectivity index (χ0) is 22.8. The van der Waals surface area contributed by atoms with Crippen molar-refractivity contribution in [2.45, 2.75) is 12.5 Å². The molecule has 2 aliphatic rings. The lowest BCUT2D eigenvalue weighted by Gasteiger charge is -2.40. The number of carbonyl (C=O) groups excluding carboxylic acids is 1. The number of aromatic amines is 1. The number of piperazine rings is 1. The number of hydrogen-bond acceptors (Lipinski definition) is 5. The minimum atomic E-state index is -3.01. The third-order valence-corrected chi connectivity index (χ3v) is 8.51. The van der Waals surface area contributed by atoms with Crippen LogP contribution in [0.5, 0.6) is 0 Å². The summed E-state index contributed by atoms with van der Waals surface area (Å²) in [5, 5.41) is 1.12. The van der Waals surface area contributed by atoms with Gasteiger partial charge in [0.2, 0.25) is 5.91 Å². The van der Waals surface area contributed by atoms with E-state index in [9.17, 15) is 13.2 Å². The molecule has 7 nitrogen and oxygen atoms in total. The molecule has 2 saturated heterocycles. The Morgan fingerprint density at radius 2 is 1.55 bits per heavy atom. The molecular weight excluding hydrogens is 436 g/mol. The Kier molecular flexibility index (Phi) is 6.12. The van der Waals surface area contributed by atoms with Gasteiger partial charge in [-0.15, -0.1) is 0 Å². The quantitative estimate of drug-likeness (QED) is 0.624. The fourth-order valence-corrected chi connectivity index (χ4v) is 6.18. The van der Waals surface area contributed by atoms with Crippen LogP contribution >= 0.6 is 0 Å². The molecule has 1 amide bonds. The molecule has 2 fully saturated rings. The van der Waals surface area contributed by atoms with Crippen LogP contribution in [0.15, 0.2) is 60.8 Å². The Morgan fingerprint density at radius 1 is 0.879 bits per heavy atom. The van der Waals surface area contributed by atoms with Crippen molar-refractivity contribution in [1.29, 1.82) is 0 Å². The zero-order valence-electron chi connectivity index (χ0n) is 18.7. The van der Waals surface area contributed by atoms with Gasteiger partial charge in [-0.2, -0.15) is 0 Å². The van der Waals surface area contributed by atoms with Crippen LogP contribution in [0.1, 0.15) is 5.56 Å². The predicted molar refractivity (Wildman–Crippen MR) is 131 cm³/mol. The molecule has 3 heterocycles. The average Bonchev–Trinajstić information content (AvgIpc) is 3.26. The number of para-hydroxylation sites is 2. The molecular formula is C25H30N4O3S. The molecule has 0 spiro atoms. The molecule has 0 saturated carbocycles. The maximum Gasteiger partial charge on any atom is 0.240 e. The second kappa shape index (κ2) is 9.19. The normalized spacial score (nSPS) is 20.1. The monoisotopic (exact) mass is 466 g/mol. The van der Waals surface area contributed by atoms with E-state index < -0.39 is 9.84 Å². The first-order chi connectivity index (χ1) is 16.0. The Balaban J connectivity index is 1.34. The molecule has 1 atom stereocenters. The first kappa shape index (κ1) is 22.0. The summed E-state index contributed by atoms with van der Waals surface area (Å²) in [6, 6.07) is 18.0. The summed E-state index contributed by atoms with van der Waals surface area (Å²) < 4.78 is 24.0. The van der Waals surface area contributed by atoms with Crippen molar-refractivity contribution in [2.24, 2.45) is 0 Å². The molecule has 33 heavy (non-hydrogen) atoms. The molecule has 1 aromatic heterocycles. The summed E-state index contributed by atoms with van der Waals surface area (Å²) in [7, 11) is -3.01. The fourth-order valence-electron chi connectivity index (χ4n) is 4.95. The largest absolute Gasteiger partial charge is 0.368 e. The molecule has 0 bridgehead atoms. The van der Waals surface area contributed by atoms with Gasteiger partial charge in [0, 0.05) is 62.1 Å². The number of nitrogens with zero attached hydrogens (tertiary/aromatic N) is 3. The van der Waals surface area contributed by atoms with Gasteiger partial charge in [0.25, 0.3) is 0 Å². The summed E-state index contributed by atoms with van der Waals surface area (Å²) >= 11 is 0. The minimum Gasteiger partial charge on any atom is -0.368 e. The Labute approximate surface area is 194 Å². The van der Waals surface area contributed by atoms with E-state index in [2.05, 4.69) is 33.0 Å². The SMILES string of the molecule is O=C(C(Cc1c[nH]c2ccccc12)N1CCS(=O)(=O)CC1)N1CCN(c2ccccc2)CC1. The van der Waals surface area contributed by atoms with Crippen molar-refractivity contribution >= 4 is 32.3 Å². The Morgan fingerprint density at radius 3 is 2.27 bits per heavy atom. The maximum atomic E-state index is 13.8. The number of rotatable bonds is 5. The standard InChI is InChI=1S/C25H30N4O3S/c30-25(29-12-10-27(11-13-29)21-6-2-1-3-7-21)24(28-14-16-33(31,32)17-15-28)18-20-19-26-23-9-5-4-8-22(20)23/h1-9,19,24,26H,10-18H2. The van der Waals surface area contributed by atoms with Crippen molar-refractivity contribution < 1.29 is 13.2 Å². The summed E-state index contributed by atoms with van der Waals surface area (Å²) in [6.07, 6.45) is 2.56. The summed E-state index contributed by atoms with van der Waals surface area (Å²) in [5.74, 6) is 0.339. The van der Waals surface area contributed by atoms with Gasteiger partial charge in [-0.3, -0.25) is 9.69 Å². The van der Waals surface area contributed by atoms with Crippen LogP contribution in [0.2, 0.25) is 0 Å². The second-order valence-electron chi connectivity index (χ2n) is 8.92. The van der Waals surface area contributed by atoms with E-state index in [0.29, 0.717) is 32.6 Å². The smallest absolute Gasteiger partial charge is 0.240 e. The third-order valence-electron chi connectivity index (χ3n) is 6.91. The number of H-pyrrole nitrogens is 1. The predicted octanol–water partition coefficient (Wildman–Crippen LogP) is 2.16. The number of benzene rings is 2. The maximum absolute atomic E-state index is 13.8. The molecule has 0 aliphatic carbocycles. The second-order valence-corrected chi connectivity index (χ2v) is 11.2. The number of hydrogen-bond donors (Lipinski definition) is 1. The topological polar surface area (TPSA) is 76.7 Å². The molecule has 8 heteroatoms. The highest BCUT2D eigenvalue weighted by molar-refractivity contribution is 7.91. The van der Waals surface area contributed by atoms with Crippen molar-refractivity contribution in [3.8, 4) is 0 Å². The highest BCUT2D eigenvalue weighted by atomic mass is 32.2. The van der Waals surface area contributed by atoms with Gasteiger partial charge in [0.15, 0.2) is 9.84 Å². The van der Waals surface area contributed by atoms with Gasteiger partial charge in [-0.25, -0.2) is 8.42 Å². The van der Waals surface area contributed by atoms with Crippen LogP contribution in [0.3, 0.4) is 0 Å². The lowest BCUT2D eigenvalue weighted by Crippen LogP contribution is -2.57. The first-order valence-corrected chi connectivity index (χ1v) is 13.4. The van der Waals surface area contributed by atoms with Gasteiger partial charge < -0.3 is 14.8 Å². The van der Waals surface area contributed by atoms with Gasteiger partial charge in [0.05, 0.1) is 17.5 Å². The average molecular weight is 467 g/mol. The summed E-state index contributed by atoms with van der Waals surface area (Å²) in [6.45, 7) is 3.75. The molecule has 2 aromatic carbocycles. The van der Waals surface area contributed by atoms with Gasteiger partial charge in [0.1, 0.15) is 0 Å². The van der Waals surface area contributed by atoms with Crippen LogP contribution < -0.4 is 4.90 Å². The molecule has 3 aromatic rings. The number of aromatic nitrogens is 1.